The van der Waals surface area contributed by atoms with E-state index in [-0.39, 0.29) is 35.2 Å². The molecule has 1 atom stereocenters. The van der Waals surface area contributed by atoms with Crippen molar-refractivity contribution in [1.82, 2.24) is 15.3 Å². The van der Waals surface area contributed by atoms with Crippen molar-refractivity contribution in [2.75, 3.05) is 24.4 Å². The highest BCUT2D eigenvalue weighted by Crippen LogP contribution is 2.30. The molecular weight excluding hydrogens is 574 g/mol. The minimum atomic E-state index is -1.57. The lowest BCUT2D eigenvalue weighted by molar-refractivity contribution is -0.157. The van der Waals surface area contributed by atoms with Gasteiger partial charge in [0.1, 0.15) is 22.4 Å². The van der Waals surface area contributed by atoms with E-state index in [1.807, 2.05) is 0 Å². The van der Waals surface area contributed by atoms with Crippen LogP contribution in [-0.2, 0) is 25.5 Å². The predicted molar refractivity (Wildman–Crippen MR) is 162 cm³/mol. The number of rotatable bonds is 10. The number of ether oxygens (including phenoxy) is 5. The first-order valence-electron chi connectivity index (χ1n) is 13.8. The molecule has 44 heavy (non-hydrogen) atoms. The molecule has 0 aliphatic heterocycles. The predicted octanol–water partition coefficient (Wildman–Crippen LogP) is 4.85. The van der Waals surface area contributed by atoms with Crippen molar-refractivity contribution in [2.45, 2.75) is 91.8 Å². The average molecular weight is 618 g/mol. The number of carbonyl (C=O) groups is 4. The molecule has 0 radical (unpaired) electrons. The molecule has 14 nitrogen and oxygen atoms in total. The molecule has 0 saturated carbocycles. The lowest BCUT2D eigenvalue weighted by Gasteiger charge is -2.35. The molecule has 0 spiro atoms. The molecule has 242 valence electrons. The SMILES string of the molecule is COc1nccc(N(C(=O)OC(C)(C)C)C(NCc2c(NC(=O)OC(C)(C)C)ccnc2OC)C(=O)OC(C)(C)C)c1C=O. The van der Waals surface area contributed by atoms with Crippen LogP contribution >= 0.6 is 0 Å². The number of aldehydes is 1. The fourth-order valence-corrected chi connectivity index (χ4v) is 3.77. The summed E-state index contributed by atoms with van der Waals surface area (Å²) in [6.45, 7) is 14.9. The second-order valence-electron chi connectivity index (χ2n) is 12.5. The van der Waals surface area contributed by atoms with Crippen molar-refractivity contribution in [3.63, 3.8) is 0 Å². The van der Waals surface area contributed by atoms with Crippen molar-refractivity contribution in [3.05, 3.63) is 35.7 Å². The lowest BCUT2D eigenvalue weighted by Crippen LogP contribution is -2.56. The number of nitrogens with one attached hydrogen (secondary N) is 2. The number of amides is 2. The monoisotopic (exact) mass is 617 g/mol. The van der Waals surface area contributed by atoms with Gasteiger partial charge in [0.25, 0.3) is 0 Å². The molecule has 2 rings (SSSR count). The summed E-state index contributed by atoms with van der Waals surface area (Å²) in [6.07, 6.45) is -0.0789. The zero-order valence-corrected chi connectivity index (χ0v) is 27.2. The van der Waals surface area contributed by atoms with Gasteiger partial charge in [-0.05, 0) is 74.4 Å². The summed E-state index contributed by atoms with van der Waals surface area (Å²) in [7, 11) is 2.70. The van der Waals surface area contributed by atoms with Gasteiger partial charge in [-0.25, -0.2) is 29.3 Å². The summed E-state index contributed by atoms with van der Waals surface area (Å²) in [5, 5.41) is 5.68. The number of esters is 1. The van der Waals surface area contributed by atoms with Crippen molar-refractivity contribution in [2.24, 2.45) is 0 Å². The average Bonchev–Trinajstić information content (AvgIpc) is 2.87. The Morgan fingerprint density at radius 3 is 1.91 bits per heavy atom. The third-order valence-corrected chi connectivity index (χ3v) is 5.30. The first kappa shape index (κ1) is 35.7. The smallest absolute Gasteiger partial charge is 0.416 e. The highest BCUT2D eigenvalue weighted by atomic mass is 16.6. The van der Waals surface area contributed by atoms with Crippen LogP contribution in [0.2, 0.25) is 0 Å². The summed E-state index contributed by atoms with van der Waals surface area (Å²) in [5.74, 6) is -0.829. The van der Waals surface area contributed by atoms with Crippen molar-refractivity contribution < 1.29 is 42.9 Å². The van der Waals surface area contributed by atoms with Gasteiger partial charge in [-0.15, -0.1) is 0 Å². The molecule has 14 heteroatoms. The molecular formula is C30H43N5O9. The zero-order valence-electron chi connectivity index (χ0n) is 27.2. The van der Waals surface area contributed by atoms with Crippen LogP contribution in [0.4, 0.5) is 21.0 Å². The van der Waals surface area contributed by atoms with Crippen LogP contribution in [0.3, 0.4) is 0 Å². The summed E-state index contributed by atoms with van der Waals surface area (Å²) in [6, 6.07) is 2.89. The number of carbonyl (C=O) groups excluding carboxylic acids is 4. The Morgan fingerprint density at radius 1 is 0.841 bits per heavy atom. The first-order chi connectivity index (χ1) is 20.3. The van der Waals surface area contributed by atoms with Crippen molar-refractivity contribution in [1.29, 1.82) is 0 Å². The third kappa shape index (κ3) is 10.4. The molecule has 0 aliphatic carbocycles. The number of nitrogens with zero attached hydrogens (tertiary/aromatic N) is 3. The molecule has 2 N–H and O–H groups in total. The number of hydrogen-bond acceptors (Lipinski definition) is 12. The van der Waals surface area contributed by atoms with E-state index in [2.05, 4.69) is 20.6 Å². The van der Waals surface area contributed by atoms with Crippen LogP contribution < -0.4 is 25.0 Å². The van der Waals surface area contributed by atoms with E-state index in [1.165, 1.54) is 38.7 Å². The molecule has 2 aromatic heterocycles. The van der Waals surface area contributed by atoms with Crippen LogP contribution in [0.15, 0.2) is 24.5 Å². The third-order valence-electron chi connectivity index (χ3n) is 5.30. The molecule has 0 aliphatic rings. The Labute approximate surface area is 257 Å². The summed E-state index contributed by atoms with van der Waals surface area (Å²) < 4.78 is 27.4. The van der Waals surface area contributed by atoms with Crippen LogP contribution in [0.1, 0.15) is 78.2 Å². The standard InChI is InChI=1S/C30H43N5O9/c1-28(2,3)42-25(37)22(33-16-18-20(12-14-31-23(18)40-10)34-26(38)43-29(4,5)6)35(27(39)44-30(7,8)9)21-13-15-32-24(41-11)19(21)17-36/h12-15,17,22,33H,16H2,1-11H3,(H,31,34,38). The van der Waals surface area contributed by atoms with E-state index in [4.69, 9.17) is 23.7 Å². The molecule has 1 unspecified atom stereocenters. The number of anilines is 2. The van der Waals surface area contributed by atoms with E-state index in [0.717, 1.165) is 4.90 Å². The lowest BCUT2D eigenvalue weighted by atomic mass is 10.1. The first-order valence-corrected chi connectivity index (χ1v) is 13.8. The zero-order chi connectivity index (χ0) is 33.5. The Hall–Kier alpha value is -4.46. The highest BCUT2D eigenvalue weighted by Gasteiger charge is 2.39. The van der Waals surface area contributed by atoms with Crippen LogP contribution in [0.5, 0.6) is 11.8 Å². The number of pyridine rings is 2. The normalized spacial score (nSPS) is 12.4. The van der Waals surface area contributed by atoms with Gasteiger partial charge in [0.15, 0.2) is 12.5 Å². The summed E-state index contributed by atoms with van der Waals surface area (Å²) in [4.78, 5) is 61.6. The van der Waals surface area contributed by atoms with Gasteiger partial charge in [-0.1, -0.05) is 0 Å². The molecule has 0 bridgehead atoms. The summed E-state index contributed by atoms with van der Waals surface area (Å²) >= 11 is 0. The van der Waals surface area contributed by atoms with Gasteiger partial charge in [0, 0.05) is 18.9 Å². The Balaban J connectivity index is 2.71. The quantitative estimate of drug-likeness (QED) is 0.161. The molecule has 0 saturated heterocycles. The maximum absolute atomic E-state index is 13.8. The van der Waals surface area contributed by atoms with E-state index in [1.54, 1.807) is 62.3 Å². The topological polar surface area (TPSA) is 168 Å². The molecule has 2 heterocycles. The minimum Gasteiger partial charge on any atom is -0.481 e. The van der Waals surface area contributed by atoms with Gasteiger partial charge >= 0.3 is 18.2 Å². The maximum atomic E-state index is 13.8. The fourth-order valence-electron chi connectivity index (χ4n) is 3.77. The molecule has 2 aromatic rings. The van der Waals surface area contributed by atoms with E-state index < -0.39 is 41.1 Å². The van der Waals surface area contributed by atoms with Gasteiger partial charge in [-0.2, -0.15) is 0 Å². The second kappa shape index (κ2) is 14.3. The van der Waals surface area contributed by atoms with Crippen LogP contribution in [0.25, 0.3) is 0 Å². The number of aromatic nitrogens is 2. The van der Waals surface area contributed by atoms with Crippen molar-refractivity contribution >= 4 is 35.8 Å². The molecule has 2 amide bonds. The Bertz CT molecular complexity index is 1340. The van der Waals surface area contributed by atoms with Gasteiger partial charge < -0.3 is 23.7 Å². The van der Waals surface area contributed by atoms with Gasteiger partial charge in [0.05, 0.1) is 31.2 Å². The second-order valence-corrected chi connectivity index (χ2v) is 12.5. The van der Waals surface area contributed by atoms with Crippen molar-refractivity contribution in [3.8, 4) is 11.8 Å². The van der Waals surface area contributed by atoms with E-state index in [0.29, 0.717) is 11.8 Å². The highest BCUT2D eigenvalue weighted by molar-refractivity contribution is 6.01. The van der Waals surface area contributed by atoms with Crippen LogP contribution in [0, 0.1) is 0 Å². The number of hydrogen-bond donors (Lipinski definition) is 2. The number of methoxy groups -OCH3 is 2. The summed E-state index contributed by atoms with van der Waals surface area (Å²) in [5.41, 5.74) is -2.26. The van der Waals surface area contributed by atoms with E-state index >= 15 is 0 Å². The fraction of sp³-hybridized carbons (Fsp3) is 0.533. The van der Waals surface area contributed by atoms with Gasteiger partial charge in [0.2, 0.25) is 11.8 Å². The Kier molecular flexibility index (Phi) is 11.6. The van der Waals surface area contributed by atoms with Crippen LogP contribution in [-0.4, -0.2) is 71.6 Å². The minimum absolute atomic E-state index is 0.0327. The molecule has 0 aromatic carbocycles. The molecule has 0 fully saturated rings. The Morgan fingerprint density at radius 2 is 1.39 bits per heavy atom. The largest absolute Gasteiger partial charge is 0.481 e. The maximum Gasteiger partial charge on any atom is 0.416 e. The van der Waals surface area contributed by atoms with E-state index in [9.17, 15) is 19.2 Å². The van der Waals surface area contributed by atoms with Gasteiger partial charge in [-0.3, -0.25) is 15.4 Å².